The number of rotatable bonds is 3. The van der Waals surface area contributed by atoms with Gasteiger partial charge < -0.3 is 16.4 Å². The van der Waals surface area contributed by atoms with Gasteiger partial charge in [0, 0.05) is 54.6 Å². The standard InChI is InChI=1S/C23H24FN7/c1-13-18(11-27-14(2)23(13)25)15-7-16-9-21(28-12-19(16)20(24)8-15)29-22-10-17-3-4-26-5-6-31(17)30-22/h7-12,26H,3-6,25H2,1-2H3,(H,28,29,30). The van der Waals surface area contributed by atoms with Crippen molar-refractivity contribution in [2.45, 2.75) is 26.8 Å². The van der Waals surface area contributed by atoms with Crippen LogP contribution < -0.4 is 16.4 Å². The minimum atomic E-state index is -0.327. The Bertz CT molecular complexity index is 1270. The van der Waals surface area contributed by atoms with E-state index in [4.69, 9.17) is 5.73 Å². The van der Waals surface area contributed by atoms with E-state index in [1.54, 1.807) is 12.4 Å². The minimum Gasteiger partial charge on any atom is -0.397 e. The van der Waals surface area contributed by atoms with Crippen molar-refractivity contribution in [3.05, 3.63) is 59.4 Å². The van der Waals surface area contributed by atoms with Crippen molar-refractivity contribution in [2.24, 2.45) is 0 Å². The molecular weight excluding hydrogens is 393 g/mol. The van der Waals surface area contributed by atoms with Crippen molar-refractivity contribution in [1.82, 2.24) is 25.1 Å². The van der Waals surface area contributed by atoms with Crippen LogP contribution in [0.4, 0.5) is 21.7 Å². The van der Waals surface area contributed by atoms with E-state index < -0.39 is 0 Å². The van der Waals surface area contributed by atoms with Gasteiger partial charge >= 0.3 is 0 Å². The van der Waals surface area contributed by atoms with Gasteiger partial charge in [0.05, 0.1) is 17.9 Å². The molecule has 4 N–H and O–H groups in total. The Kier molecular flexibility index (Phi) is 4.78. The summed E-state index contributed by atoms with van der Waals surface area (Å²) < 4.78 is 16.9. The number of pyridine rings is 2. The molecule has 0 spiro atoms. The molecule has 158 valence electrons. The normalized spacial score (nSPS) is 13.8. The second kappa shape index (κ2) is 7.63. The molecule has 0 bridgehead atoms. The Morgan fingerprint density at radius 2 is 1.94 bits per heavy atom. The fourth-order valence-corrected chi connectivity index (χ4v) is 4.04. The number of nitrogens with two attached hydrogens (primary N) is 1. The maximum Gasteiger partial charge on any atom is 0.153 e. The van der Waals surface area contributed by atoms with E-state index in [1.807, 2.05) is 36.7 Å². The molecule has 0 saturated carbocycles. The van der Waals surface area contributed by atoms with Gasteiger partial charge in [0.15, 0.2) is 5.82 Å². The van der Waals surface area contributed by atoms with Crippen molar-refractivity contribution in [2.75, 3.05) is 24.1 Å². The Hall–Kier alpha value is -3.52. The van der Waals surface area contributed by atoms with E-state index in [2.05, 4.69) is 25.7 Å². The Labute approximate surface area is 179 Å². The number of hydrogen-bond donors (Lipinski definition) is 3. The summed E-state index contributed by atoms with van der Waals surface area (Å²) in [4.78, 5) is 8.74. The third kappa shape index (κ3) is 3.59. The number of hydrogen-bond acceptors (Lipinski definition) is 6. The highest BCUT2D eigenvalue weighted by Gasteiger charge is 2.14. The average Bonchev–Trinajstić information content (AvgIpc) is 2.99. The summed E-state index contributed by atoms with van der Waals surface area (Å²) in [6.07, 6.45) is 4.23. The number of aryl methyl sites for hydroxylation is 1. The number of aromatic nitrogens is 4. The molecule has 0 unspecified atom stereocenters. The zero-order valence-electron chi connectivity index (χ0n) is 17.5. The summed E-state index contributed by atoms with van der Waals surface area (Å²) in [5.74, 6) is 1.03. The molecular formula is C23H24FN7. The van der Waals surface area contributed by atoms with Crippen molar-refractivity contribution >= 4 is 28.1 Å². The van der Waals surface area contributed by atoms with Gasteiger partial charge in [0.1, 0.15) is 11.6 Å². The van der Waals surface area contributed by atoms with Gasteiger partial charge in [-0.25, -0.2) is 9.37 Å². The highest BCUT2D eigenvalue weighted by atomic mass is 19.1. The molecule has 0 aliphatic carbocycles. The molecule has 3 aromatic heterocycles. The summed E-state index contributed by atoms with van der Waals surface area (Å²) >= 11 is 0. The topological polar surface area (TPSA) is 93.7 Å². The number of nitrogens with zero attached hydrogens (tertiary/aromatic N) is 4. The molecule has 0 amide bonds. The van der Waals surface area contributed by atoms with Crippen LogP contribution in [0.25, 0.3) is 21.9 Å². The molecule has 0 fully saturated rings. The fraction of sp³-hybridized carbons (Fsp3) is 0.261. The molecule has 0 saturated heterocycles. The summed E-state index contributed by atoms with van der Waals surface area (Å²) in [6, 6.07) is 7.34. The lowest BCUT2D eigenvalue weighted by Crippen LogP contribution is -2.17. The lowest BCUT2D eigenvalue weighted by molar-refractivity contribution is 0.591. The van der Waals surface area contributed by atoms with Crippen LogP contribution in [-0.4, -0.2) is 32.8 Å². The van der Waals surface area contributed by atoms with Gasteiger partial charge in [0.2, 0.25) is 0 Å². The van der Waals surface area contributed by atoms with Gasteiger partial charge in [0.25, 0.3) is 0 Å². The van der Waals surface area contributed by atoms with Crippen molar-refractivity contribution < 1.29 is 4.39 Å². The van der Waals surface area contributed by atoms with Gasteiger partial charge in [-0.1, -0.05) is 0 Å². The average molecular weight is 417 g/mol. The Morgan fingerprint density at radius 1 is 1.06 bits per heavy atom. The fourth-order valence-electron chi connectivity index (χ4n) is 4.04. The van der Waals surface area contributed by atoms with E-state index in [0.717, 1.165) is 59.6 Å². The molecule has 7 nitrogen and oxygen atoms in total. The first kappa shape index (κ1) is 19.4. The molecule has 1 aliphatic heterocycles. The first-order chi connectivity index (χ1) is 15.0. The van der Waals surface area contributed by atoms with Crippen molar-refractivity contribution in [1.29, 1.82) is 0 Å². The highest BCUT2D eigenvalue weighted by molar-refractivity contribution is 5.90. The monoisotopic (exact) mass is 417 g/mol. The third-order valence-corrected chi connectivity index (χ3v) is 5.86. The van der Waals surface area contributed by atoms with Crippen LogP contribution in [0.15, 0.2) is 36.7 Å². The molecule has 8 heteroatoms. The molecule has 4 heterocycles. The second-order valence-electron chi connectivity index (χ2n) is 7.91. The van der Waals surface area contributed by atoms with Crippen LogP contribution in [0.3, 0.4) is 0 Å². The molecule has 31 heavy (non-hydrogen) atoms. The Morgan fingerprint density at radius 3 is 2.81 bits per heavy atom. The number of halogens is 1. The molecule has 0 atom stereocenters. The van der Waals surface area contributed by atoms with E-state index in [-0.39, 0.29) is 5.82 Å². The number of nitrogens with one attached hydrogen (secondary N) is 2. The summed E-state index contributed by atoms with van der Waals surface area (Å²) in [5, 5.41) is 12.5. The highest BCUT2D eigenvalue weighted by Crippen LogP contribution is 2.32. The number of nitrogen functional groups attached to an aromatic ring is 1. The maximum absolute atomic E-state index is 14.9. The molecule has 1 aliphatic rings. The van der Waals surface area contributed by atoms with E-state index in [1.165, 1.54) is 11.8 Å². The number of benzene rings is 1. The van der Waals surface area contributed by atoms with Crippen molar-refractivity contribution in [3.8, 4) is 11.1 Å². The minimum absolute atomic E-state index is 0.327. The lowest BCUT2D eigenvalue weighted by atomic mass is 9.98. The predicted octanol–water partition coefficient (Wildman–Crippen LogP) is 3.72. The zero-order chi connectivity index (χ0) is 21.5. The second-order valence-corrected chi connectivity index (χ2v) is 7.91. The maximum atomic E-state index is 14.9. The predicted molar refractivity (Wildman–Crippen MR) is 121 cm³/mol. The SMILES string of the molecule is Cc1ncc(-c2cc(F)c3cnc(Nc4cc5n(n4)CCNCC5)cc3c2)c(C)c1N. The van der Waals surface area contributed by atoms with Crippen LogP contribution in [0.2, 0.25) is 0 Å². The van der Waals surface area contributed by atoms with E-state index in [0.29, 0.717) is 16.9 Å². The summed E-state index contributed by atoms with van der Waals surface area (Å²) in [7, 11) is 0. The van der Waals surface area contributed by atoms with Crippen molar-refractivity contribution in [3.63, 3.8) is 0 Å². The van der Waals surface area contributed by atoms with Gasteiger partial charge in [-0.3, -0.25) is 9.67 Å². The van der Waals surface area contributed by atoms with Crippen LogP contribution in [0.1, 0.15) is 17.0 Å². The molecule has 4 aromatic rings. The summed E-state index contributed by atoms with van der Waals surface area (Å²) in [5.41, 5.74) is 11.2. The van der Waals surface area contributed by atoms with Gasteiger partial charge in [-0.15, -0.1) is 0 Å². The van der Waals surface area contributed by atoms with Crippen LogP contribution >= 0.6 is 0 Å². The smallest absolute Gasteiger partial charge is 0.153 e. The largest absolute Gasteiger partial charge is 0.397 e. The molecule has 5 rings (SSSR count). The number of anilines is 3. The molecule has 1 aromatic carbocycles. The summed E-state index contributed by atoms with van der Waals surface area (Å²) in [6.45, 7) is 6.48. The Balaban J connectivity index is 1.51. The van der Waals surface area contributed by atoms with Gasteiger partial charge in [-0.05, 0) is 48.6 Å². The van der Waals surface area contributed by atoms with E-state index >= 15 is 0 Å². The lowest BCUT2D eigenvalue weighted by Gasteiger charge is -2.12. The van der Waals surface area contributed by atoms with Crippen LogP contribution in [-0.2, 0) is 13.0 Å². The third-order valence-electron chi connectivity index (χ3n) is 5.86. The van der Waals surface area contributed by atoms with Gasteiger partial charge in [-0.2, -0.15) is 5.10 Å². The van der Waals surface area contributed by atoms with E-state index in [9.17, 15) is 4.39 Å². The first-order valence-electron chi connectivity index (χ1n) is 10.4. The zero-order valence-corrected chi connectivity index (χ0v) is 17.5. The first-order valence-corrected chi connectivity index (χ1v) is 10.4. The molecule has 0 radical (unpaired) electrons. The quantitative estimate of drug-likeness (QED) is 0.470. The van der Waals surface area contributed by atoms with Crippen LogP contribution in [0, 0.1) is 19.7 Å². The number of fused-ring (bicyclic) bond motifs is 2. The van der Waals surface area contributed by atoms with Crippen LogP contribution in [0.5, 0.6) is 0 Å².